The zero-order chi connectivity index (χ0) is 31.0. The second-order valence-electron chi connectivity index (χ2n) is 10.3. The third-order valence-electron chi connectivity index (χ3n) is 6.75. The molecule has 1 fully saturated rings. The van der Waals surface area contributed by atoms with Crippen molar-refractivity contribution < 1.29 is 27.9 Å². The fourth-order valence-corrected chi connectivity index (χ4v) is 4.90. The molecule has 1 aliphatic rings. The van der Waals surface area contributed by atoms with Crippen molar-refractivity contribution in [1.29, 1.82) is 0 Å². The summed E-state index contributed by atoms with van der Waals surface area (Å²) in [6, 6.07) is 11.9. The van der Waals surface area contributed by atoms with Crippen molar-refractivity contribution in [3.05, 3.63) is 59.7 Å². The Morgan fingerprint density at radius 1 is 0.977 bits per heavy atom. The SMILES string of the molecule is CN(C)C(=O)Oc1ccc(C[C@H](Nc2nc(NCCc3ccc(S(N)(=O)=O)cc3)nc(N3CCCCC3)n2)C(=O)O)cc1. The smallest absolute Gasteiger partial charge is 0.414 e. The van der Waals surface area contributed by atoms with Crippen molar-refractivity contribution in [2.24, 2.45) is 5.14 Å². The highest BCUT2D eigenvalue weighted by atomic mass is 32.2. The van der Waals surface area contributed by atoms with Crippen LogP contribution in [0.25, 0.3) is 0 Å². The maximum Gasteiger partial charge on any atom is 0.414 e. The molecule has 14 nitrogen and oxygen atoms in total. The Balaban J connectivity index is 1.47. The van der Waals surface area contributed by atoms with Gasteiger partial charge in [-0.3, -0.25) is 0 Å². The first-order valence-corrected chi connectivity index (χ1v) is 15.4. The molecule has 2 heterocycles. The van der Waals surface area contributed by atoms with Crippen LogP contribution in [0.1, 0.15) is 30.4 Å². The summed E-state index contributed by atoms with van der Waals surface area (Å²) in [4.78, 5) is 41.0. The number of carbonyl (C=O) groups is 2. The first-order valence-electron chi connectivity index (χ1n) is 13.8. The summed E-state index contributed by atoms with van der Waals surface area (Å²) in [6.45, 7) is 2.00. The van der Waals surface area contributed by atoms with Crippen molar-refractivity contribution in [2.45, 2.75) is 43.0 Å². The molecule has 43 heavy (non-hydrogen) atoms. The Morgan fingerprint density at radius 2 is 1.60 bits per heavy atom. The number of hydrogen-bond acceptors (Lipinski definition) is 11. The topological polar surface area (TPSA) is 193 Å². The lowest BCUT2D eigenvalue weighted by Crippen LogP contribution is -2.34. The highest BCUT2D eigenvalue weighted by Gasteiger charge is 2.22. The number of rotatable bonds is 12. The Morgan fingerprint density at radius 3 is 2.21 bits per heavy atom. The molecule has 1 amide bonds. The molecule has 15 heteroatoms. The molecule has 1 aromatic heterocycles. The van der Waals surface area contributed by atoms with E-state index in [9.17, 15) is 23.1 Å². The van der Waals surface area contributed by atoms with Gasteiger partial charge >= 0.3 is 12.1 Å². The number of nitrogens with two attached hydrogens (primary N) is 1. The summed E-state index contributed by atoms with van der Waals surface area (Å²) >= 11 is 0. The number of carboxylic acid groups (broad SMARTS) is 1. The maximum atomic E-state index is 12.2. The third-order valence-corrected chi connectivity index (χ3v) is 7.68. The van der Waals surface area contributed by atoms with Gasteiger partial charge < -0.3 is 30.3 Å². The van der Waals surface area contributed by atoms with E-state index in [-0.39, 0.29) is 23.2 Å². The molecule has 4 rings (SSSR count). The van der Waals surface area contributed by atoms with E-state index in [1.165, 1.54) is 17.0 Å². The van der Waals surface area contributed by atoms with Crippen molar-refractivity contribution >= 4 is 39.9 Å². The standard InChI is InChI=1S/C28H36N8O6S/c1-35(2)28(39)42-21-10-6-20(7-11-21)18-23(24(37)38)31-26-32-25(33-27(34-26)36-16-4-3-5-17-36)30-15-14-19-8-12-22(13-9-19)43(29,40)41/h6-13,23H,3-5,14-18H2,1-2H3,(H,37,38)(H2,29,40,41)(H2,30,31,32,33,34)/t23-/m0/s1. The lowest BCUT2D eigenvalue weighted by Gasteiger charge is -2.27. The van der Waals surface area contributed by atoms with Crippen LogP contribution in [-0.2, 0) is 27.7 Å². The normalized spacial score (nSPS) is 14.1. The van der Waals surface area contributed by atoms with E-state index in [0.717, 1.165) is 37.9 Å². The van der Waals surface area contributed by atoms with Gasteiger partial charge in [-0.05, 0) is 61.1 Å². The van der Waals surface area contributed by atoms with Crippen molar-refractivity contribution in [3.8, 4) is 5.75 Å². The molecule has 2 aromatic carbocycles. The van der Waals surface area contributed by atoms with Crippen LogP contribution in [0.5, 0.6) is 5.75 Å². The number of benzene rings is 2. The minimum absolute atomic E-state index is 0.0419. The fraction of sp³-hybridized carbons (Fsp3) is 0.393. The number of carboxylic acids is 1. The van der Waals surface area contributed by atoms with E-state index >= 15 is 0 Å². The maximum absolute atomic E-state index is 12.2. The van der Waals surface area contributed by atoms with E-state index in [0.29, 0.717) is 30.2 Å². The summed E-state index contributed by atoms with van der Waals surface area (Å²) in [7, 11) is -0.605. The van der Waals surface area contributed by atoms with Crippen LogP contribution in [-0.4, -0.2) is 85.2 Å². The predicted molar refractivity (Wildman–Crippen MR) is 161 cm³/mol. The van der Waals surface area contributed by atoms with Crippen molar-refractivity contribution in [2.75, 3.05) is 49.3 Å². The number of nitrogens with zero attached hydrogens (tertiary/aromatic N) is 5. The number of hydrogen-bond donors (Lipinski definition) is 4. The Bertz CT molecular complexity index is 1510. The summed E-state index contributed by atoms with van der Waals surface area (Å²) in [5.74, 6) is 0.130. The molecule has 0 saturated carbocycles. The van der Waals surface area contributed by atoms with E-state index in [2.05, 4.69) is 30.5 Å². The van der Waals surface area contributed by atoms with Gasteiger partial charge in [0.2, 0.25) is 27.9 Å². The van der Waals surface area contributed by atoms with Gasteiger partial charge in [0, 0.05) is 40.2 Å². The van der Waals surface area contributed by atoms with E-state index in [1.807, 2.05) is 0 Å². The molecule has 0 radical (unpaired) electrons. The number of amides is 1. The third kappa shape index (κ3) is 9.24. The van der Waals surface area contributed by atoms with E-state index in [1.54, 1.807) is 50.5 Å². The molecule has 0 spiro atoms. The molecule has 230 valence electrons. The molecule has 5 N–H and O–H groups in total. The van der Waals surface area contributed by atoms with Gasteiger partial charge in [0.05, 0.1) is 4.90 Å². The second-order valence-corrected chi connectivity index (χ2v) is 11.9. The Hall–Kier alpha value is -4.50. The Kier molecular flexibility index (Phi) is 10.3. The molecular formula is C28H36N8O6S. The molecular weight excluding hydrogens is 576 g/mol. The van der Waals surface area contributed by atoms with E-state index in [4.69, 9.17) is 9.88 Å². The Labute approximate surface area is 250 Å². The van der Waals surface area contributed by atoms with Gasteiger partial charge in [-0.1, -0.05) is 24.3 Å². The number of ether oxygens (including phenoxy) is 1. The molecule has 1 aliphatic heterocycles. The highest BCUT2D eigenvalue weighted by Crippen LogP contribution is 2.20. The molecule has 0 unspecified atom stereocenters. The lowest BCUT2D eigenvalue weighted by molar-refractivity contribution is -0.137. The zero-order valence-electron chi connectivity index (χ0n) is 24.1. The van der Waals surface area contributed by atoms with Crippen LogP contribution >= 0.6 is 0 Å². The van der Waals surface area contributed by atoms with Gasteiger partial charge in [0.1, 0.15) is 11.8 Å². The van der Waals surface area contributed by atoms with Crippen LogP contribution in [0, 0.1) is 0 Å². The van der Waals surface area contributed by atoms with Crippen molar-refractivity contribution in [1.82, 2.24) is 19.9 Å². The number of piperidine rings is 1. The molecule has 0 bridgehead atoms. The van der Waals surface area contributed by atoms with Crippen LogP contribution in [0.15, 0.2) is 53.4 Å². The summed E-state index contributed by atoms with van der Waals surface area (Å²) in [6.07, 6.45) is 3.29. The van der Waals surface area contributed by atoms with Gasteiger partial charge in [-0.2, -0.15) is 15.0 Å². The van der Waals surface area contributed by atoms with E-state index < -0.39 is 28.1 Å². The number of aromatic nitrogens is 3. The number of sulfonamides is 1. The van der Waals surface area contributed by atoms with Gasteiger partial charge in [-0.25, -0.2) is 23.1 Å². The van der Waals surface area contributed by atoms with Gasteiger partial charge in [-0.15, -0.1) is 0 Å². The quantitative estimate of drug-likeness (QED) is 0.234. The number of anilines is 3. The number of carbonyl (C=O) groups excluding carboxylic acids is 1. The first-order chi connectivity index (χ1) is 20.5. The molecule has 0 aliphatic carbocycles. The summed E-state index contributed by atoms with van der Waals surface area (Å²) in [5.41, 5.74) is 1.60. The average Bonchev–Trinajstić information content (AvgIpc) is 2.98. The summed E-state index contributed by atoms with van der Waals surface area (Å²) < 4.78 is 28.2. The summed E-state index contributed by atoms with van der Waals surface area (Å²) in [5, 5.41) is 21.3. The van der Waals surface area contributed by atoms with Crippen LogP contribution in [0.2, 0.25) is 0 Å². The first kappa shape index (κ1) is 31.4. The highest BCUT2D eigenvalue weighted by molar-refractivity contribution is 7.89. The van der Waals surface area contributed by atoms with Crippen LogP contribution in [0.3, 0.4) is 0 Å². The minimum atomic E-state index is -3.76. The average molecular weight is 613 g/mol. The number of primary sulfonamides is 1. The molecule has 3 aromatic rings. The minimum Gasteiger partial charge on any atom is -0.480 e. The van der Waals surface area contributed by atoms with Gasteiger partial charge in [0.15, 0.2) is 0 Å². The number of aliphatic carboxylic acids is 1. The monoisotopic (exact) mass is 612 g/mol. The second kappa shape index (κ2) is 14.1. The predicted octanol–water partition coefficient (Wildman–Crippen LogP) is 2.33. The van der Waals surface area contributed by atoms with Crippen LogP contribution < -0.4 is 25.4 Å². The largest absolute Gasteiger partial charge is 0.480 e. The number of nitrogens with one attached hydrogen (secondary N) is 2. The molecule has 1 saturated heterocycles. The fourth-order valence-electron chi connectivity index (χ4n) is 4.39. The van der Waals surface area contributed by atoms with Crippen molar-refractivity contribution in [3.63, 3.8) is 0 Å². The zero-order valence-corrected chi connectivity index (χ0v) is 24.9. The van der Waals surface area contributed by atoms with Gasteiger partial charge in [0.25, 0.3) is 0 Å². The lowest BCUT2D eigenvalue weighted by atomic mass is 10.1. The van der Waals surface area contributed by atoms with Crippen LogP contribution in [0.4, 0.5) is 22.6 Å². The molecule has 1 atom stereocenters.